The molecule has 9 nitrogen and oxygen atoms in total. The summed E-state index contributed by atoms with van der Waals surface area (Å²) in [7, 11) is 3.05. The van der Waals surface area contributed by atoms with Gasteiger partial charge in [-0.15, -0.1) is 0 Å². The van der Waals surface area contributed by atoms with Crippen molar-refractivity contribution in [2.45, 2.75) is 12.5 Å². The zero-order chi connectivity index (χ0) is 18.0. The molecule has 0 aromatic heterocycles. The van der Waals surface area contributed by atoms with Gasteiger partial charge in [-0.05, 0) is 6.42 Å². The Morgan fingerprint density at radius 3 is 2.44 bits per heavy atom. The normalized spacial score (nSPS) is 19.8. The summed E-state index contributed by atoms with van der Waals surface area (Å²) in [6.45, 7) is 0.480. The standard InChI is InChI=1S/C16H19N3O6/c1-23-12-5-10(6-13(7-12)24-2)17-15(21)18-4-3-11(8-18)19-14(20)9-25-16(19)22/h5-7,11H,3-4,8-9H2,1-2H3,(H,17,21). The molecule has 0 radical (unpaired) electrons. The lowest BCUT2D eigenvalue weighted by molar-refractivity contribution is -0.127. The van der Waals surface area contributed by atoms with Gasteiger partial charge < -0.3 is 24.4 Å². The fourth-order valence-electron chi connectivity index (χ4n) is 2.94. The maximum absolute atomic E-state index is 12.5. The average Bonchev–Trinajstić information content (AvgIpc) is 3.21. The summed E-state index contributed by atoms with van der Waals surface area (Å²) in [4.78, 5) is 38.4. The number of anilines is 1. The lowest BCUT2D eigenvalue weighted by Gasteiger charge is -2.21. The highest BCUT2D eigenvalue weighted by Crippen LogP contribution is 2.27. The van der Waals surface area contributed by atoms with E-state index >= 15 is 0 Å². The fourth-order valence-corrected chi connectivity index (χ4v) is 2.94. The Hall–Kier alpha value is -2.97. The number of nitrogens with zero attached hydrogens (tertiary/aromatic N) is 2. The van der Waals surface area contributed by atoms with E-state index in [1.807, 2.05) is 0 Å². The molecule has 1 unspecified atom stereocenters. The van der Waals surface area contributed by atoms with E-state index in [1.54, 1.807) is 23.1 Å². The van der Waals surface area contributed by atoms with Gasteiger partial charge in [0.2, 0.25) is 0 Å². The van der Waals surface area contributed by atoms with E-state index in [4.69, 9.17) is 14.2 Å². The quantitative estimate of drug-likeness (QED) is 0.880. The third kappa shape index (κ3) is 3.44. The zero-order valence-electron chi connectivity index (χ0n) is 14.0. The van der Waals surface area contributed by atoms with Gasteiger partial charge in [0, 0.05) is 37.0 Å². The number of hydrogen-bond donors (Lipinski definition) is 1. The van der Waals surface area contributed by atoms with E-state index in [1.165, 1.54) is 14.2 Å². The molecule has 2 aliphatic rings. The Balaban J connectivity index is 1.65. The molecule has 1 atom stereocenters. The number of imide groups is 1. The summed E-state index contributed by atoms with van der Waals surface area (Å²) in [5.74, 6) is 0.744. The number of carbonyl (C=O) groups excluding carboxylic acids is 3. The number of methoxy groups -OCH3 is 2. The number of urea groups is 1. The van der Waals surface area contributed by atoms with Crippen LogP contribution >= 0.6 is 0 Å². The highest BCUT2D eigenvalue weighted by atomic mass is 16.6. The summed E-state index contributed by atoms with van der Waals surface area (Å²) >= 11 is 0. The van der Waals surface area contributed by atoms with Crippen LogP contribution in [0.15, 0.2) is 18.2 Å². The molecule has 9 heteroatoms. The average molecular weight is 349 g/mol. The predicted molar refractivity (Wildman–Crippen MR) is 86.7 cm³/mol. The van der Waals surface area contributed by atoms with E-state index in [-0.39, 0.29) is 31.1 Å². The van der Waals surface area contributed by atoms with Gasteiger partial charge in [0.1, 0.15) is 11.5 Å². The first-order chi connectivity index (χ1) is 12.0. The van der Waals surface area contributed by atoms with Gasteiger partial charge in [-0.25, -0.2) is 14.5 Å². The van der Waals surface area contributed by atoms with Crippen molar-refractivity contribution in [2.24, 2.45) is 0 Å². The van der Waals surface area contributed by atoms with E-state index in [9.17, 15) is 14.4 Å². The number of hydrogen-bond acceptors (Lipinski definition) is 6. The lowest BCUT2D eigenvalue weighted by Crippen LogP contribution is -2.42. The molecule has 4 amide bonds. The highest BCUT2D eigenvalue weighted by molar-refractivity contribution is 5.98. The number of cyclic esters (lactones) is 1. The Bertz CT molecular complexity index is 669. The monoisotopic (exact) mass is 349 g/mol. The van der Waals surface area contributed by atoms with Crippen molar-refractivity contribution < 1.29 is 28.6 Å². The Labute approximate surface area is 144 Å². The van der Waals surface area contributed by atoms with Gasteiger partial charge >= 0.3 is 12.1 Å². The molecule has 2 aliphatic heterocycles. The minimum atomic E-state index is -0.644. The Morgan fingerprint density at radius 2 is 1.88 bits per heavy atom. The SMILES string of the molecule is COc1cc(NC(=O)N2CCC(N3C(=O)COC3=O)C2)cc(OC)c1. The van der Waals surface area contributed by atoms with Crippen LogP contribution < -0.4 is 14.8 Å². The van der Waals surface area contributed by atoms with Crippen molar-refractivity contribution in [3.05, 3.63) is 18.2 Å². The lowest BCUT2D eigenvalue weighted by atomic mass is 10.2. The number of carbonyl (C=O) groups is 3. The smallest absolute Gasteiger partial charge is 0.417 e. The summed E-state index contributed by atoms with van der Waals surface area (Å²) in [6.07, 6.45) is -0.120. The van der Waals surface area contributed by atoms with Crippen molar-refractivity contribution in [2.75, 3.05) is 39.2 Å². The van der Waals surface area contributed by atoms with E-state index in [0.717, 1.165) is 4.90 Å². The first-order valence-electron chi connectivity index (χ1n) is 7.79. The summed E-state index contributed by atoms with van der Waals surface area (Å²) < 4.78 is 15.1. The first kappa shape index (κ1) is 16.9. The highest BCUT2D eigenvalue weighted by Gasteiger charge is 2.41. The molecule has 1 aromatic carbocycles. The molecule has 0 bridgehead atoms. The summed E-state index contributed by atoms with van der Waals surface area (Å²) in [5, 5.41) is 2.77. The molecule has 2 heterocycles. The first-order valence-corrected chi connectivity index (χ1v) is 7.79. The Kier molecular flexibility index (Phi) is 4.64. The van der Waals surface area contributed by atoms with Crippen LogP contribution in [0.3, 0.4) is 0 Å². The summed E-state index contributed by atoms with van der Waals surface area (Å²) in [6, 6.07) is 4.38. The molecule has 2 fully saturated rings. The van der Waals surface area contributed by atoms with Crippen LogP contribution in [-0.2, 0) is 9.53 Å². The number of nitrogens with one attached hydrogen (secondary N) is 1. The van der Waals surface area contributed by atoms with Crippen LogP contribution in [0.1, 0.15) is 6.42 Å². The predicted octanol–water partition coefficient (Wildman–Crippen LogP) is 1.29. The van der Waals surface area contributed by atoms with Crippen LogP contribution in [0.4, 0.5) is 15.3 Å². The number of amides is 4. The maximum atomic E-state index is 12.5. The van der Waals surface area contributed by atoms with E-state index in [0.29, 0.717) is 30.2 Å². The molecule has 25 heavy (non-hydrogen) atoms. The molecule has 2 saturated heterocycles. The third-order valence-corrected chi connectivity index (χ3v) is 4.20. The number of ether oxygens (including phenoxy) is 3. The molecular weight excluding hydrogens is 330 g/mol. The Morgan fingerprint density at radius 1 is 1.20 bits per heavy atom. The molecule has 1 aromatic rings. The van der Waals surface area contributed by atoms with Crippen LogP contribution in [0, 0.1) is 0 Å². The second-order valence-corrected chi connectivity index (χ2v) is 5.74. The molecule has 1 N–H and O–H groups in total. The van der Waals surface area contributed by atoms with E-state index < -0.39 is 6.09 Å². The van der Waals surface area contributed by atoms with Gasteiger partial charge in [-0.1, -0.05) is 0 Å². The van der Waals surface area contributed by atoms with Crippen molar-refractivity contribution in [3.63, 3.8) is 0 Å². The molecule has 3 rings (SSSR count). The fraction of sp³-hybridized carbons (Fsp3) is 0.438. The maximum Gasteiger partial charge on any atom is 0.417 e. The zero-order valence-corrected chi connectivity index (χ0v) is 14.0. The minimum absolute atomic E-state index is 0.231. The second kappa shape index (κ2) is 6.88. The molecular formula is C16H19N3O6. The number of rotatable bonds is 4. The van der Waals surface area contributed by atoms with Crippen LogP contribution in [0.5, 0.6) is 11.5 Å². The minimum Gasteiger partial charge on any atom is -0.497 e. The topological polar surface area (TPSA) is 97.4 Å². The van der Waals surface area contributed by atoms with Gasteiger partial charge in [0.15, 0.2) is 6.61 Å². The van der Waals surface area contributed by atoms with Gasteiger partial charge in [0.25, 0.3) is 5.91 Å². The van der Waals surface area contributed by atoms with Crippen LogP contribution in [-0.4, -0.2) is 67.8 Å². The number of benzene rings is 1. The molecule has 134 valence electrons. The number of likely N-dealkylation sites (tertiary alicyclic amines) is 1. The molecule has 0 spiro atoms. The van der Waals surface area contributed by atoms with Crippen molar-refractivity contribution in [1.29, 1.82) is 0 Å². The van der Waals surface area contributed by atoms with Crippen LogP contribution in [0.2, 0.25) is 0 Å². The van der Waals surface area contributed by atoms with Gasteiger partial charge in [-0.2, -0.15) is 0 Å². The second-order valence-electron chi connectivity index (χ2n) is 5.74. The van der Waals surface area contributed by atoms with Gasteiger partial charge in [0.05, 0.1) is 20.3 Å². The summed E-state index contributed by atoms with van der Waals surface area (Å²) in [5.41, 5.74) is 0.529. The van der Waals surface area contributed by atoms with Crippen molar-refractivity contribution in [1.82, 2.24) is 9.80 Å². The van der Waals surface area contributed by atoms with Crippen molar-refractivity contribution in [3.8, 4) is 11.5 Å². The third-order valence-electron chi connectivity index (χ3n) is 4.20. The molecule has 0 saturated carbocycles. The largest absolute Gasteiger partial charge is 0.497 e. The molecule has 0 aliphatic carbocycles. The van der Waals surface area contributed by atoms with Crippen molar-refractivity contribution >= 4 is 23.7 Å². The van der Waals surface area contributed by atoms with Gasteiger partial charge in [-0.3, -0.25) is 4.79 Å². The van der Waals surface area contributed by atoms with E-state index in [2.05, 4.69) is 5.32 Å². The van der Waals surface area contributed by atoms with Crippen LogP contribution in [0.25, 0.3) is 0 Å².